The highest BCUT2D eigenvalue weighted by Gasteiger charge is 2.47. The van der Waals surface area contributed by atoms with Crippen LogP contribution in [-0.4, -0.2) is 99.6 Å². The predicted octanol–water partition coefficient (Wildman–Crippen LogP) is 13.0. The molecule has 1 rings (SSSR count). The van der Waals surface area contributed by atoms with E-state index in [0.29, 0.717) is 19.3 Å². The third-order valence-corrected chi connectivity index (χ3v) is 12.4. The number of esters is 1. The predicted molar refractivity (Wildman–Crippen MR) is 310 cm³/mol. The minimum absolute atomic E-state index is 0.0595. The smallest absolute Gasteiger partial charge is 0.306 e. The van der Waals surface area contributed by atoms with Gasteiger partial charge in [-0.3, -0.25) is 9.59 Å². The van der Waals surface area contributed by atoms with Gasteiger partial charge in [-0.1, -0.05) is 224 Å². The Labute approximate surface area is 454 Å². The Morgan fingerprint density at radius 3 is 1.59 bits per heavy atom. The number of aliphatic hydroxyl groups is 5. The van der Waals surface area contributed by atoms with E-state index in [1.807, 2.05) is 60.8 Å². The van der Waals surface area contributed by atoms with Gasteiger partial charge in [0.1, 0.15) is 24.4 Å². The highest BCUT2D eigenvalue weighted by atomic mass is 16.7. The summed E-state index contributed by atoms with van der Waals surface area (Å²) in [6.45, 7) is 5.43. The monoisotopic (exact) mass is 1040 g/mol. The van der Waals surface area contributed by atoms with Crippen molar-refractivity contribution in [3.05, 3.63) is 146 Å². The normalized spacial score (nSPS) is 20.3. The molecule has 0 bridgehead atoms. The highest BCUT2D eigenvalue weighted by Crippen LogP contribution is 2.26. The van der Waals surface area contributed by atoms with Crippen molar-refractivity contribution >= 4 is 11.9 Å². The average Bonchev–Trinajstić information content (AvgIpc) is 3.41. The number of hydrogen-bond acceptors (Lipinski definition) is 10. The van der Waals surface area contributed by atoms with Gasteiger partial charge in [-0.2, -0.15) is 0 Å². The van der Waals surface area contributed by atoms with E-state index in [2.05, 4.69) is 105 Å². The first-order valence-corrected chi connectivity index (χ1v) is 28.7. The van der Waals surface area contributed by atoms with Gasteiger partial charge in [0.15, 0.2) is 12.4 Å². The number of ether oxygens (including phenoxy) is 3. The average molecular weight is 1040 g/mol. The molecule has 0 aromatic rings. The topological polar surface area (TPSA) is 175 Å². The molecule has 1 aliphatic heterocycles. The van der Waals surface area contributed by atoms with Crippen LogP contribution in [0.3, 0.4) is 0 Å². The van der Waals surface area contributed by atoms with Gasteiger partial charge in [0, 0.05) is 6.42 Å². The fourth-order valence-corrected chi connectivity index (χ4v) is 7.85. The number of aliphatic hydroxyl groups excluding tert-OH is 5. The number of hydrogen-bond donors (Lipinski definition) is 6. The lowest BCUT2D eigenvalue weighted by Gasteiger charge is -2.41. The molecule has 11 nitrogen and oxygen atoms in total. The summed E-state index contributed by atoms with van der Waals surface area (Å²) in [7, 11) is 0. The zero-order valence-corrected chi connectivity index (χ0v) is 46.3. The van der Waals surface area contributed by atoms with Crippen LogP contribution < -0.4 is 5.32 Å². The summed E-state index contributed by atoms with van der Waals surface area (Å²) in [4.78, 5) is 26.4. The van der Waals surface area contributed by atoms with Gasteiger partial charge in [0.2, 0.25) is 5.91 Å². The molecule has 422 valence electrons. The van der Waals surface area contributed by atoms with Gasteiger partial charge >= 0.3 is 5.97 Å². The number of amides is 1. The van der Waals surface area contributed by atoms with Crippen LogP contribution in [0.2, 0.25) is 0 Å². The second-order valence-corrected chi connectivity index (χ2v) is 19.0. The molecule has 1 aliphatic rings. The molecular formula is C64H101NO10. The lowest BCUT2D eigenvalue weighted by Crippen LogP contribution is -2.61. The molecule has 11 heteroatoms. The minimum Gasteiger partial charge on any atom is -0.454 e. The first kappa shape index (κ1) is 68.6. The van der Waals surface area contributed by atoms with Crippen molar-refractivity contribution in [2.75, 3.05) is 13.2 Å². The van der Waals surface area contributed by atoms with Crippen molar-refractivity contribution in [3.63, 3.8) is 0 Å². The minimum atomic E-state index is -1.65. The SMILES string of the molecule is CC/C=C\C/C=C\C/C=C\C/C=C\C/C=C\C/C=C\CCCC(O)C(=O)NC(COC1OC(CO)C(O)C(O)C1OC(=O)CCCCC/C=C/C=C\C=C/C=C/C=C/CC)C(O)/C=C/CCCCCCCCCCC. The van der Waals surface area contributed by atoms with Gasteiger partial charge in [0.25, 0.3) is 0 Å². The molecule has 6 N–H and O–H groups in total. The van der Waals surface area contributed by atoms with Gasteiger partial charge in [-0.25, -0.2) is 0 Å². The zero-order valence-electron chi connectivity index (χ0n) is 46.3. The molecule has 1 amide bonds. The van der Waals surface area contributed by atoms with E-state index >= 15 is 0 Å². The van der Waals surface area contributed by atoms with Crippen LogP contribution in [0.25, 0.3) is 0 Å². The zero-order chi connectivity index (χ0) is 54.7. The van der Waals surface area contributed by atoms with E-state index in [0.717, 1.165) is 89.9 Å². The number of allylic oxidation sites excluding steroid dienone is 23. The highest BCUT2D eigenvalue weighted by molar-refractivity contribution is 5.80. The lowest BCUT2D eigenvalue weighted by atomic mass is 9.99. The number of rotatable bonds is 45. The Balaban J connectivity index is 2.79. The molecule has 0 aromatic carbocycles. The number of nitrogens with one attached hydrogen (secondary N) is 1. The van der Waals surface area contributed by atoms with Crippen LogP contribution in [0.4, 0.5) is 0 Å². The Bertz CT molecular complexity index is 1770. The molecular weight excluding hydrogens is 943 g/mol. The van der Waals surface area contributed by atoms with Crippen LogP contribution in [-0.2, 0) is 23.8 Å². The fourth-order valence-electron chi connectivity index (χ4n) is 7.85. The molecule has 8 atom stereocenters. The fraction of sp³-hybridized carbons (Fsp3) is 0.594. The van der Waals surface area contributed by atoms with E-state index in [9.17, 15) is 35.1 Å². The van der Waals surface area contributed by atoms with Crippen LogP contribution in [0.15, 0.2) is 146 Å². The third kappa shape index (κ3) is 38.7. The van der Waals surface area contributed by atoms with Crippen LogP contribution in [0.1, 0.15) is 181 Å². The van der Waals surface area contributed by atoms with Crippen LogP contribution >= 0.6 is 0 Å². The summed E-state index contributed by atoms with van der Waals surface area (Å²) >= 11 is 0. The van der Waals surface area contributed by atoms with Gasteiger partial charge in [-0.05, 0) is 96.3 Å². The largest absolute Gasteiger partial charge is 0.454 e. The maximum absolute atomic E-state index is 13.4. The Morgan fingerprint density at radius 2 is 1.03 bits per heavy atom. The molecule has 0 aliphatic carbocycles. The van der Waals surface area contributed by atoms with Crippen molar-refractivity contribution in [1.82, 2.24) is 5.32 Å². The summed E-state index contributed by atoms with van der Waals surface area (Å²) in [6, 6.07) is -1.07. The molecule has 0 aromatic heterocycles. The van der Waals surface area contributed by atoms with Crippen molar-refractivity contribution < 1.29 is 49.3 Å². The standard InChI is InChI=1S/C64H101NO10/c1-4-7-10-13-16-19-22-24-26-27-28-29-30-32-33-36-39-42-45-48-51-57(68)63(72)65-55(56(67)50-47-44-41-38-35-21-18-15-12-9-6-3)54-73-64-62(61(71)60(70)58(53-66)74-64)75-59(69)52-49-46-43-40-37-34-31-25-23-20-17-14-11-8-5-2/h7-8,10-11,14,16-17,19-20,23-26,28-29,31-34,37,39,42,47,50,55-58,60-62,64,66-68,70-71H,4-6,9,12-13,15,18,21-22,27,30,35-36,38,40-41,43-46,48-49,51-54H2,1-3H3,(H,65,72)/b10-7-,11-8+,17-14+,19-16-,23-20-,26-24-,29-28-,31-25-,33-32-,37-34+,42-39-,50-47+. The summed E-state index contributed by atoms with van der Waals surface area (Å²) in [6.07, 6.45) is 61.8. The number of unbranched alkanes of at least 4 members (excludes halogenated alkanes) is 13. The summed E-state index contributed by atoms with van der Waals surface area (Å²) in [5.41, 5.74) is 0. The molecule has 1 heterocycles. The molecule has 0 saturated carbocycles. The first-order valence-electron chi connectivity index (χ1n) is 28.7. The Morgan fingerprint density at radius 1 is 0.547 bits per heavy atom. The Kier molecular flexibility index (Phi) is 46.0. The molecule has 0 spiro atoms. The second-order valence-electron chi connectivity index (χ2n) is 19.0. The summed E-state index contributed by atoms with van der Waals surface area (Å²) < 4.78 is 17.5. The molecule has 8 unspecified atom stereocenters. The van der Waals surface area contributed by atoms with E-state index in [1.54, 1.807) is 6.08 Å². The maximum Gasteiger partial charge on any atom is 0.306 e. The van der Waals surface area contributed by atoms with Crippen molar-refractivity contribution in [3.8, 4) is 0 Å². The quantitative estimate of drug-likeness (QED) is 0.0149. The number of carbonyl (C=O) groups excluding carboxylic acids is 2. The van der Waals surface area contributed by atoms with Gasteiger partial charge in [0.05, 0.1) is 25.4 Å². The van der Waals surface area contributed by atoms with Crippen molar-refractivity contribution in [1.29, 1.82) is 0 Å². The van der Waals surface area contributed by atoms with E-state index in [1.165, 1.54) is 38.5 Å². The summed E-state index contributed by atoms with van der Waals surface area (Å²) in [5, 5.41) is 56.7. The van der Waals surface area contributed by atoms with Crippen molar-refractivity contribution in [2.24, 2.45) is 0 Å². The number of carbonyl (C=O) groups is 2. The van der Waals surface area contributed by atoms with Crippen LogP contribution in [0.5, 0.6) is 0 Å². The Hall–Kier alpha value is -4.46. The molecule has 0 radical (unpaired) electrons. The molecule has 1 fully saturated rings. The van der Waals surface area contributed by atoms with Crippen LogP contribution in [0, 0.1) is 0 Å². The van der Waals surface area contributed by atoms with Gasteiger partial charge in [-0.15, -0.1) is 0 Å². The maximum atomic E-state index is 13.4. The lowest BCUT2D eigenvalue weighted by molar-refractivity contribution is -0.305. The first-order chi connectivity index (χ1) is 36.7. The third-order valence-electron chi connectivity index (χ3n) is 12.4. The molecule has 1 saturated heterocycles. The summed E-state index contributed by atoms with van der Waals surface area (Å²) in [5.74, 6) is -1.30. The van der Waals surface area contributed by atoms with Gasteiger partial charge < -0.3 is 45.1 Å². The van der Waals surface area contributed by atoms with E-state index in [-0.39, 0.29) is 19.4 Å². The van der Waals surface area contributed by atoms with E-state index in [4.69, 9.17) is 14.2 Å². The van der Waals surface area contributed by atoms with Crippen molar-refractivity contribution in [2.45, 2.75) is 230 Å². The second kappa shape index (κ2) is 50.4. The molecule has 75 heavy (non-hydrogen) atoms. The van der Waals surface area contributed by atoms with E-state index < -0.39 is 67.4 Å².